The van der Waals surface area contributed by atoms with E-state index in [1.807, 2.05) is 13.8 Å². The highest BCUT2D eigenvalue weighted by Gasteiger charge is 2.22. The fourth-order valence-electron chi connectivity index (χ4n) is 2.12. The van der Waals surface area contributed by atoms with E-state index < -0.39 is 17.9 Å². The normalized spacial score (nSPS) is 12.2. The lowest BCUT2D eigenvalue weighted by molar-refractivity contribution is -0.142. The summed E-state index contributed by atoms with van der Waals surface area (Å²) in [7, 11) is 0. The molecule has 0 radical (unpaired) electrons. The number of nitrogens with one attached hydrogen (secondary N) is 1. The summed E-state index contributed by atoms with van der Waals surface area (Å²) < 4.78 is 11.9. The number of hydrogen-bond donors (Lipinski definition) is 2. The zero-order valence-corrected chi connectivity index (χ0v) is 16.4. The molecule has 0 aliphatic carbocycles. The van der Waals surface area contributed by atoms with Crippen LogP contribution in [0.4, 0.5) is 0 Å². The van der Waals surface area contributed by atoms with Crippen molar-refractivity contribution in [2.75, 3.05) is 13.2 Å². The zero-order valence-electron chi connectivity index (χ0n) is 14.8. The lowest BCUT2D eigenvalue weighted by Gasteiger charge is -2.16. The van der Waals surface area contributed by atoms with Gasteiger partial charge in [-0.2, -0.15) is 0 Å². The van der Waals surface area contributed by atoms with Crippen LogP contribution in [0.15, 0.2) is 22.7 Å². The van der Waals surface area contributed by atoms with Crippen LogP contribution in [0.3, 0.4) is 0 Å². The van der Waals surface area contributed by atoms with Crippen LogP contribution >= 0.6 is 15.9 Å². The molecular weight excluding hydrogens is 390 g/mol. The molecule has 0 fully saturated rings. The Balaban J connectivity index is 2.96. The Morgan fingerprint density at radius 3 is 2.40 bits per heavy atom. The van der Waals surface area contributed by atoms with E-state index >= 15 is 0 Å². The number of carboxylic acids is 1. The van der Waals surface area contributed by atoms with Gasteiger partial charge in [-0.3, -0.25) is 4.79 Å². The Hall–Kier alpha value is -2.02. The van der Waals surface area contributed by atoms with Crippen molar-refractivity contribution in [1.82, 2.24) is 5.32 Å². The lowest BCUT2D eigenvalue weighted by Crippen LogP contribution is -2.43. The molecule has 2 N–H and O–H groups in total. The number of hydrogen-bond acceptors (Lipinski definition) is 4. The van der Waals surface area contributed by atoms with Crippen molar-refractivity contribution in [3.8, 4) is 11.5 Å². The van der Waals surface area contributed by atoms with Gasteiger partial charge in [-0.1, -0.05) is 13.8 Å². The quantitative estimate of drug-likeness (QED) is 0.605. The maximum Gasteiger partial charge on any atom is 0.326 e. The summed E-state index contributed by atoms with van der Waals surface area (Å²) in [5, 5.41) is 11.6. The minimum atomic E-state index is -1.06. The van der Waals surface area contributed by atoms with Gasteiger partial charge in [0.25, 0.3) is 0 Å². The van der Waals surface area contributed by atoms with Crippen LogP contribution < -0.4 is 14.8 Å². The van der Waals surface area contributed by atoms with Gasteiger partial charge in [-0.05, 0) is 59.5 Å². The summed E-state index contributed by atoms with van der Waals surface area (Å²) in [4.78, 5) is 23.1. The Kier molecular flexibility index (Phi) is 8.48. The Morgan fingerprint density at radius 1 is 1.24 bits per heavy atom. The Bertz CT molecular complexity index is 643. The van der Waals surface area contributed by atoms with Crippen molar-refractivity contribution in [2.24, 2.45) is 5.92 Å². The van der Waals surface area contributed by atoms with Gasteiger partial charge in [0, 0.05) is 6.08 Å². The van der Waals surface area contributed by atoms with Gasteiger partial charge >= 0.3 is 5.97 Å². The summed E-state index contributed by atoms with van der Waals surface area (Å²) in [6.45, 7) is 8.21. The summed E-state index contributed by atoms with van der Waals surface area (Å²) in [5.41, 5.74) is 0.727. The van der Waals surface area contributed by atoms with Crippen LogP contribution in [0.2, 0.25) is 0 Å². The number of carbonyl (C=O) groups excluding carboxylic acids is 1. The van der Waals surface area contributed by atoms with Gasteiger partial charge in [0.15, 0.2) is 11.5 Å². The molecular formula is C18H24BrNO5. The predicted molar refractivity (Wildman–Crippen MR) is 99.9 cm³/mol. The van der Waals surface area contributed by atoms with Crippen LogP contribution in [0.1, 0.15) is 33.3 Å². The molecule has 1 aromatic carbocycles. The molecule has 0 aliphatic heterocycles. The summed E-state index contributed by atoms with van der Waals surface area (Å²) in [6.07, 6.45) is 2.90. The van der Waals surface area contributed by atoms with E-state index in [4.69, 9.17) is 14.6 Å². The molecule has 0 spiro atoms. The van der Waals surface area contributed by atoms with Crippen molar-refractivity contribution in [2.45, 2.75) is 33.7 Å². The van der Waals surface area contributed by atoms with Gasteiger partial charge in [0.1, 0.15) is 6.04 Å². The third kappa shape index (κ3) is 6.42. The molecule has 0 unspecified atom stereocenters. The second-order valence-corrected chi connectivity index (χ2v) is 6.45. The van der Waals surface area contributed by atoms with Gasteiger partial charge in [-0.25, -0.2) is 4.79 Å². The largest absolute Gasteiger partial charge is 0.490 e. The van der Waals surface area contributed by atoms with Crippen LogP contribution in [-0.2, 0) is 9.59 Å². The fraction of sp³-hybridized carbons (Fsp3) is 0.444. The van der Waals surface area contributed by atoms with E-state index in [1.165, 1.54) is 6.08 Å². The monoisotopic (exact) mass is 413 g/mol. The molecule has 0 saturated carbocycles. The second-order valence-electron chi connectivity index (χ2n) is 5.60. The highest BCUT2D eigenvalue weighted by molar-refractivity contribution is 9.10. The number of ether oxygens (including phenoxy) is 2. The molecule has 1 aromatic rings. The number of carboxylic acid groups (broad SMARTS) is 1. The van der Waals surface area contributed by atoms with Crippen LogP contribution in [0.25, 0.3) is 6.08 Å². The summed E-state index contributed by atoms with van der Waals surface area (Å²) >= 11 is 3.44. The van der Waals surface area contributed by atoms with E-state index in [2.05, 4.69) is 21.2 Å². The minimum absolute atomic E-state index is 0.209. The first kappa shape index (κ1) is 21.0. The third-order valence-electron chi connectivity index (χ3n) is 3.28. The molecule has 0 bridgehead atoms. The minimum Gasteiger partial charge on any atom is -0.490 e. The van der Waals surface area contributed by atoms with Crippen molar-refractivity contribution >= 4 is 33.9 Å². The molecule has 0 saturated heterocycles. The fourth-order valence-corrected chi connectivity index (χ4v) is 2.69. The zero-order chi connectivity index (χ0) is 19.0. The molecule has 0 heterocycles. The molecule has 1 atom stereocenters. The molecule has 6 nitrogen and oxygen atoms in total. The molecule has 1 rings (SSSR count). The van der Waals surface area contributed by atoms with Crippen molar-refractivity contribution in [3.63, 3.8) is 0 Å². The average Bonchev–Trinajstić information content (AvgIpc) is 2.53. The third-order valence-corrected chi connectivity index (χ3v) is 3.87. The molecule has 1 amide bonds. The van der Waals surface area contributed by atoms with Gasteiger partial charge < -0.3 is 19.9 Å². The van der Waals surface area contributed by atoms with Gasteiger partial charge in [0.2, 0.25) is 5.91 Å². The van der Waals surface area contributed by atoms with Crippen molar-refractivity contribution in [1.29, 1.82) is 0 Å². The van der Waals surface area contributed by atoms with E-state index in [0.717, 1.165) is 5.56 Å². The first-order chi connectivity index (χ1) is 11.8. The standard InChI is InChI=1S/C18H24BrNO5/c1-5-24-14-10-12(9-13(19)17(14)25-6-2)7-8-15(21)20-16(11(3)4)18(22)23/h7-11,16H,5-6H2,1-4H3,(H,20,21)(H,22,23)/b8-7+/t16-/m1/s1. The molecule has 0 aliphatic rings. The van der Waals surface area contributed by atoms with Gasteiger partial charge in [-0.15, -0.1) is 0 Å². The van der Waals surface area contributed by atoms with Crippen molar-refractivity contribution < 1.29 is 24.2 Å². The van der Waals surface area contributed by atoms with E-state index in [-0.39, 0.29) is 5.92 Å². The van der Waals surface area contributed by atoms with Crippen LogP contribution in [0, 0.1) is 5.92 Å². The molecule has 7 heteroatoms. The number of halogens is 1. The molecule has 25 heavy (non-hydrogen) atoms. The number of carbonyl (C=O) groups is 2. The topological polar surface area (TPSA) is 84.9 Å². The smallest absolute Gasteiger partial charge is 0.326 e. The Morgan fingerprint density at radius 2 is 1.88 bits per heavy atom. The highest BCUT2D eigenvalue weighted by atomic mass is 79.9. The molecule has 0 aromatic heterocycles. The van der Waals surface area contributed by atoms with E-state index in [9.17, 15) is 9.59 Å². The second kappa shape index (κ2) is 10.1. The van der Waals surface area contributed by atoms with Crippen molar-refractivity contribution in [3.05, 3.63) is 28.2 Å². The number of benzene rings is 1. The average molecular weight is 414 g/mol. The number of amides is 1. The highest BCUT2D eigenvalue weighted by Crippen LogP contribution is 2.37. The van der Waals surface area contributed by atoms with Gasteiger partial charge in [0.05, 0.1) is 17.7 Å². The molecule has 138 valence electrons. The first-order valence-corrected chi connectivity index (χ1v) is 8.89. The number of aliphatic carboxylic acids is 1. The van der Waals surface area contributed by atoms with Crippen LogP contribution in [-0.4, -0.2) is 36.2 Å². The van der Waals surface area contributed by atoms with Crippen LogP contribution in [0.5, 0.6) is 11.5 Å². The first-order valence-electron chi connectivity index (χ1n) is 8.10. The Labute approximate surface area is 156 Å². The summed E-state index contributed by atoms with van der Waals surface area (Å²) in [6, 6.07) is 2.64. The number of rotatable bonds is 9. The SMILES string of the molecule is CCOc1cc(/C=C/C(=O)N[C@@H](C(=O)O)C(C)C)cc(Br)c1OCC. The predicted octanol–water partition coefficient (Wildman–Crippen LogP) is 3.49. The lowest BCUT2D eigenvalue weighted by atomic mass is 10.0. The maximum atomic E-state index is 12.0. The van der Waals surface area contributed by atoms with E-state index in [0.29, 0.717) is 29.2 Å². The maximum absolute atomic E-state index is 12.0. The van der Waals surface area contributed by atoms with E-state index in [1.54, 1.807) is 32.1 Å². The summed E-state index contributed by atoms with van der Waals surface area (Å²) in [5.74, 6) is -0.552.